The maximum atomic E-state index is 6.18. The number of fused-ring (bicyclic) bond motifs is 1. The number of alkyl halides is 1. The summed E-state index contributed by atoms with van der Waals surface area (Å²) >= 11 is 9.59. The summed E-state index contributed by atoms with van der Waals surface area (Å²) < 4.78 is 2.12. The minimum absolute atomic E-state index is 0.500. The normalized spacial score (nSPS) is 15.1. The molecule has 1 aliphatic carbocycles. The zero-order valence-electron chi connectivity index (χ0n) is 10.8. The number of rotatable bonds is 5. The van der Waals surface area contributed by atoms with Gasteiger partial charge in [0.1, 0.15) is 0 Å². The third kappa shape index (κ3) is 2.14. The molecule has 0 unspecified atom stereocenters. The molecule has 0 saturated heterocycles. The molecule has 3 heterocycles. The van der Waals surface area contributed by atoms with E-state index < -0.39 is 0 Å². The number of imidazole rings is 1. The second kappa shape index (κ2) is 5.06. The maximum absolute atomic E-state index is 6.18. The molecule has 1 fully saturated rings. The third-order valence-electron chi connectivity index (χ3n) is 3.66. The van der Waals surface area contributed by atoms with Crippen molar-refractivity contribution in [1.29, 1.82) is 0 Å². The molecular formula is C14H14ClN3S2. The lowest BCUT2D eigenvalue weighted by atomic mass is 10.3. The third-order valence-corrected chi connectivity index (χ3v) is 5.40. The monoisotopic (exact) mass is 323 g/mol. The van der Waals surface area contributed by atoms with Crippen molar-refractivity contribution in [2.45, 2.75) is 31.3 Å². The van der Waals surface area contributed by atoms with Gasteiger partial charge in [-0.15, -0.1) is 22.9 Å². The SMILES string of the molecule is ClCc1c(N(Cc2ccsc2)C2CC2)nc2sccn12. The number of anilines is 1. The highest BCUT2D eigenvalue weighted by atomic mass is 35.5. The van der Waals surface area contributed by atoms with Crippen LogP contribution < -0.4 is 4.90 Å². The molecule has 3 aromatic heterocycles. The minimum atomic E-state index is 0.500. The second-order valence-electron chi connectivity index (χ2n) is 5.06. The minimum Gasteiger partial charge on any atom is -0.348 e. The molecule has 3 aromatic rings. The molecule has 0 radical (unpaired) electrons. The highest BCUT2D eigenvalue weighted by Crippen LogP contribution is 2.36. The Balaban J connectivity index is 1.75. The van der Waals surface area contributed by atoms with Crippen molar-refractivity contribution in [2.24, 2.45) is 0 Å². The number of hydrogen-bond donors (Lipinski definition) is 0. The van der Waals surface area contributed by atoms with E-state index in [2.05, 4.69) is 37.7 Å². The predicted molar refractivity (Wildman–Crippen MR) is 86.2 cm³/mol. The van der Waals surface area contributed by atoms with E-state index >= 15 is 0 Å². The Hall–Kier alpha value is -1.04. The number of thiophene rings is 1. The summed E-state index contributed by atoms with van der Waals surface area (Å²) in [5, 5.41) is 6.41. The fourth-order valence-electron chi connectivity index (χ4n) is 2.52. The Kier molecular flexibility index (Phi) is 3.21. The molecule has 4 rings (SSSR count). The van der Waals surface area contributed by atoms with Gasteiger partial charge >= 0.3 is 0 Å². The van der Waals surface area contributed by atoms with Crippen LogP contribution in [0.4, 0.5) is 5.82 Å². The molecule has 0 aromatic carbocycles. The van der Waals surface area contributed by atoms with Gasteiger partial charge in [0.2, 0.25) is 0 Å². The van der Waals surface area contributed by atoms with Crippen molar-refractivity contribution in [1.82, 2.24) is 9.38 Å². The molecule has 0 aliphatic heterocycles. The summed E-state index contributed by atoms with van der Waals surface area (Å²) in [6.45, 7) is 0.933. The number of aromatic nitrogens is 2. The van der Waals surface area contributed by atoms with E-state index in [1.165, 1.54) is 18.4 Å². The van der Waals surface area contributed by atoms with Crippen LogP contribution in [0.2, 0.25) is 0 Å². The lowest BCUT2D eigenvalue weighted by Gasteiger charge is -2.22. The molecule has 1 saturated carbocycles. The van der Waals surface area contributed by atoms with Crippen molar-refractivity contribution in [3.63, 3.8) is 0 Å². The molecule has 104 valence electrons. The van der Waals surface area contributed by atoms with Gasteiger partial charge in [0.25, 0.3) is 0 Å². The largest absolute Gasteiger partial charge is 0.348 e. The number of nitrogens with zero attached hydrogens (tertiary/aromatic N) is 3. The van der Waals surface area contributed by atoms with Crippen LogP contribution in [0.1, 0.15) is 24.1 Å². The summed E-state index contributed by atoms with van der Waals surface area (Å²) in [6.07, 6.45) is 4.58. The molecule has 6 heteroatoms. The van der Waals surface area contributed by atoms with E-state index in [1.54, 1.807) is 22.7 Å². The zero-order valence-corrected chi connectivity index (χ0v) is 13.2. The van der Waals surface area contributed by atoms with Crippen molar-refractivity contribution >= 4 is 45.1 Å². The van der Waals surface area contributed by atoms with Crippen LogP contribution in [-0.4, -0.2) is 15.4 Å². The van der Waals surface area contributed by atoms with Crippen molar-refractivity contribution in [2.75, 3.05) is 4.90 Å². The Morgan fingerprint density at radius 3 is 3.00 bits per heavy atom. The lowest BCUT2D eigenvalue weighted by Crippen LogP contribution is -2.26. The first-order valence-electron chi connectivity index (χ1n) is 6.65. The van der Waals surface area contributed by atoms with E-state index in [4.69, 9.17) is 16.6 Å². The smallest absolute Gasteiger partial charge is 0.195 e. The maximum Gasteiger partial charge on any atom is 0.195 e. The topological polar surface area (TPSA) is 20.5 Å². The van der Waals surface area contributed by atoms with Crippen molar-refractivity contribution in [3.05, 3.63) is 39.7 Å². The second-order valence-corrected chi connectivity index (χ2v) is 6.98. The van der Waals surface area contributed by atoms with Gasteiger partial charge in [-0.05, 0) is 35.2 Å². The van der Waals surface area contributed by atoms with Crippen LogP contribution in [0.15, 0.2) is 28.4 Å². The van der Waals surface area contributed by atoms with Crippen LogP contribution in [0, 0.1) is 0 Å². The molecular weight excluding hydrogens is 310 g/mol. The van der Waals surface area contributed by atoms with Crippen molar-refractivity contribution in [3.8, 4) is 0 Å². The first-order chi connectivity index (χ1) is 9.86. The van der Waals surface area contributed by atoms with Gasteiger partial charge in [-0.1, -0.05) is 0 Å². The molecule has 0 spiro atoms. The fourth-order valence-corrected chi connectivity index (χ4v) is 4.15. The number of halogens is 1. The Morgan fingerprint density at radius 1 is 1.40 bits per heavy atom. The van der Waals surface area contributed by atoms with Crippen molar-refractivity contribution < 1.29 is 0 Å². The van der Waals surface area contributed by atoms with Gasteiger partial charge in [0, 0.05) is 24.2 Å². The van der Waals surface area contributed by atoms with Gasteiger partial charge in [-0.25, -0.2) is 4.98 Å². The predicted octanol–water partition coefficient (Wildman–Crippen LogP) is 4.37. The summed E-state index contributed by atoms with van der Waals surface area (Å²) in [5.41, 5.74) is 2.48. The van der Waals surface area contributed by atoms with Crippen LogP contribution >= 0.6 is 34.3 Å². The average molecular weight is 324 g/mol. The van der Waals surface area contributed by atoms with E-state index in [9.17, 15) is 0 Å². The molecule has 0 bridgehead atoms. The van der Waals surface area contributed by atoms with E-state index in [0.717, 1.165) is 23.0 Å². The highest BCUT2D eigenvalue weighted by molar-refractivity contribution is 7.15. The summed E-state index contributed by atoms with van der Waals surface area (Å²) in [4.78, 5) is 8.28. The molecule has 0 amide bonds. The van der Waals surface area contributed by atoms with Gasteiger partial charge in [-0.2, -0.15) is 11.3 Å². The Bertz CT molecular complexity index is 712. The van der Waals surface area contributed by atoms with Gasteiger partial charge in [0.05, 0.1) is 11.6 Å². The summed E-state index contributed by atoms with van der Waals surface area (Å²) in [5.74, 6) is 1.57. The summed E-state index contributed by atoms with van der Waals surface area (Å²) in [6, 6.07) is 2.82. The lowest BCUT2D eigenvalue weighted by molar-refractivity contribution is 0.778. The fraction of sp³-hybridized carbons (Fsp3) is 0.357. The Labute approximate surface area is 130 Å². The first kappa shape index (κ1) is 12.7. The van der Waals surface area contributed by atoms with Crippen LogP contribution in [0.25, 0.3) is 4.96 Å². The van der Waals surface area contributed by atoms with Crippen LogP contribution in [0.3, 0.4) is 0 Å². The quantitative estimate of drug-likeness (QED) is 0.650. The van der Waals surface area contributed by atoms with Gasteiger partial charge in [-0.3, -0.25) is 4.40 Å². The zero-order chi connectivity index (χ0) is 13.5. The number of hydrogen-bond acceptors (Lipinski definition) is 4. The number of thiazole rings is 1. The van der Waals surface area contributed by atoms with Gasteiger partial charge in [0.15, 0.2) is 10.8 Å². The molecule has 0 N–H and O–H groups in total. The standard InChI is InChI=1S/C14H14ClN3S2/c15-7-12-13(16-14-17(12)4-6-20-14)18(11-1-2-11)8-10-3-5-19-9-10/h3-6,9,11H,1-2,7-8H2. The van der Waals surface area contributed by atoms with E-state index in [1.807, 2.05) is 0 Å². The summed E-state index contributed by atoms with van der Waals surface area (Å²) in [7, 11) is 0. The highest BCUT2D eigenvalue weighted by Gasteiger charge is 2.32. The average Bonchev–Trinajstić information content (AvgIpc) is 2.88. The first-order valence-corrected chi connectivity index (χ1v) is 9.00. The Morgan fingerprint density at radius 2 is 2.30 bits per heavy atom. The molecule has 0 atom stereocenters. The van der Waals surface area contributed by atoms with Crippen LogP contribution in [0.5, 0.6) is 0 Å². The molecule has 3 nitrogen and oxygen atoms in total. The van der Waals surface area contributed by atoms with Gasteiger partial charge < -0.3 is 4.90 Å². The van der Waals surface area contributed by atoms with E-state index in [0.29, 0.717) is 11.9 Å². The van der Waals surface area contributed by atoms with E-state index in [-0.39, 0.29) is 0 Å². The molecule has 1 aliphatic rings. The molecule has 20 heavy (non-hydrogen) atoms. The van der Waals surface area contributed by atoms with Crippen LogP contribution in [-0.2, 0) is 12.4 Å².